The normalized spacial score (nSPS) is 28.8. The molecule has 2 fully saturated rings. The second-order valence-corrected chi connectivity index (χ2v) is 5.83. The topological polar surface area (TPSA) is 28.6 Å². The van der Waals surface area contributed by atoms with Gasteiger partial charge in [-0.1, -0.05) is 18.5 Å². The number of ether oxygens (including phenoxy) is 1. The quantitative estimate of drug-likeness (QED) is 0.828. The second-order valence-electron chi connectivity index (χ2n) is 5.43. The lowest BCUT2D eigenvalue weighted by molar-refractivity contribution is 0.0134. The van der Waals surface area contributed by atoms with E-state index in [1.54, 1.807) is 6.20 Å². The fraction of sp³-hybridized carbons (Fsp3) is 0.643. The van der Waals surface area contributed by atoms with Gasteiger partial charge in [0.25, 0.3) is 0 Å². The third-order valence-corrected chi connectivity index (χ3v) is 4.47. The summed E-state index contributed by atoms with van der Waals surface area (Å²) in [6, 6.07) is 2.62. The Kier molecular flexibility index (Phi) is 3.91. The zero-order valence-corrected chi connectivity index (χ0v) is 12.0. The van der Waals surface area contributed by atoms with Crippen LogP contribution in [-0.2, 0) is 4.74 Å². The molecule has 2 aliphatic rings. The molecule has 0 N–H and O–H groups in total. The monoisotopic (exact) mass is 281 g/mol. The van der Waals surface area contributed by atoms with Crippen molar-refractivity contribution < 1.29 is 4.74 Å². The van der Waals surface area contributed by atoms with Gasteiger partial charge in [0.1, 0.15) is 0 Å². The summed E-state index contributed by atoms with van der Waals surface area (Å²) in [5.74, 6) is 0.655. The first-order valence-electron chi connectivity index (χ1n) is 6.92. The molecule has 104 valence electrons. The van der Waals surface area contributed by atoms with Gasteiger partial charge in [0.05, 0.1) is 23.9 Å². The van der Waals surface area contributed by atoms with Crippen molar-refractivity contribution in [2.75, 3.05) is 44.3 Å². The van der Waals surface area contributed by atoms with E-state index in [-0.39, 0.29) is 0 Å². The molecule has 19 heavy (non-hydrogen) atoms. The number of halogens is 1. The van der Waals surface area contributed by atoms with E-state index < -0.39 is 0 Å². The van der Waals surface area contributed by atoms with Gasteiger partial charge in [-0.25, -0.2) is 0 Å². The van der Waals surface area contributed by atoms with Crippen LogP contribution in [0.3, 0.4) is 0 Å². The number of aromatic nitrogens is 1. The summed E-state index contributed by atoms with van der Waals surface area (Å²) < 4.78 is 5.44. The van der Waals surface area contributed by atoms with Crippen LogP contribution in [0.15, 0.2) is 18.5 Å². The molecule has 0 aliphatic carbocycles. The largest absolute Gasteiger partial charge is 0.379 e. The molecule has 0 radical (unpaired) electrons. The molecule has 4 nitrogen and oxygen atoms in total. The van der Waals surface area contributed by atoms with Crippen molar-refractivity contribution in [2.24, 2.45) is 5.92 Å². The summed E-state index contributed by atoms with van der Waals surface area (Å²) in [5, 5.41) is 0.748. The number of pyridine rings is 1. The molecule has 2 aliphatic heterocycles. The third kappa shape index (κ3) is 2.71. The number of anilines is 1. The molecule has 3 rings (SSSR count). The van der Waals surface area contributed by atoms with E-state index in [4.69, 9.17) is 16.3 Å². The zero-order valence-electron chi connectivity index (χ0n) is 11.3. The predicted molar refractivity (Wildman–Crippen MR) is 76.8 cm³/mol. The molecular formula is C14H20ClN3O. The van der Waals surface area contributed by atoms with Crippen LogP contribution >= 0.6 is 11.6 Å². The van der Waals surface area contributed by atoms with Crippen molar-refractivity contribution in [2.45, 2.75) is 13.0 Å². The Bertz CT molecular complexity index is 436. The second kappa shape index (κ2) is 5.65. The molecule has 1 aromatic rings. The Morgan fingerprint density at radius 3 is 2.84 bits per heavy atom. The minimum atomic E-state index is 0.605. The number of hydrogen-bond donors (Lipinski definition) is 0. The van der Waals surface area contributed by atoms with Gasteiger partial charge >= 0.3 is 0 Å². The molecule has 2 atom stereocenters. The zero-order chi connectivity index (χ0) is 13.2. The average molecular weight is 282 g/mol. The lowest BCUT2D eigenvalue weighted by Crippen LogP contribution is -2.46. The lowest BCUT2D eigenvalue weighted by Gasteiger charge is -2.34. The number of rotatable bonds is 2. The Labute approximate surface area is 119 Å². The average Bonchev–Trinajstić information content (AvgIpc) is 2.82. The summed E-state index contributed by atoms with van der Waals surface area (Å²) in [6.07, 6.45) is 3.54. The highest BCUT2D eigenvalue weighted by Gasteiger charge is 2.35. The van der Waals surface area contributed by atoms with Gasteiger partial charge in [-0.2, -0.15) is 0 Å². The maximum absolute atomic E-state index is 6.25. The van der Waals surface area contributed by atoms with E-state index in [0.717, 1.165) is 50.1 Å². The van der Waals surface area contributed by atoms with Gasteiger partial charge in [0.2, 0.25) is 0 Å². The highest BCUT2D eigenvalue weighted by Crippen LogP contribution is 2.31. The van der Waals surface area contributed by atoms with Crippen molar-refractivity contribution in [1.29, 1.82) is 0 Å². The first-order chi connectivity index (χ1) is 9.25. The fourth-order valence-corrected chi connectivity index (χ4v) is 3.39. The molecule has 0 unspecified atom stereocenters. The van der Waals surface area contributed by atoms with Crippen LogP contribution in [-0.4, -0.2) is 55.3 Å². The molecule has 0 saturated carbocycles. The Balaban J connectivity index is 1.72. The van der Waals surface area contributed by atoms with Crippen molar-refractivity contribution in [3.63, 3.8) is 0 Å². The molecule has 1 aromatic heterocycles. The molecule has 0 aromatic carbocycles. The van der Waals surface area contributed by atoms with Crippen molar-refractivity contribution in [3.05, 3.63) is 23.5 Å². The molecule has 5 heteroatoms. The molecule has 2 saturated heterocycles. The van der Waals surface area contributed by atoms with Gasteiger partial charge in [-0.05, 0) is 12.0 Å². The van der Waals surface area contributed by atoms with Crippen LogP contribution in [0.25, 0.3) is 0 Å². The molecule has 0 bridgehead atoms. The SMILES string of the molecule is C[C@@H]1CN(c2ccncc2Cl)C[C@@H]1N1CCOCC1. The van der Waals surface area contributed by atoms with Crippen LogP contribution in [0, 0.1) is 5.92 Å². The molecular weight excluding hydrogens is 262 g/mol. The predicted octanol–water partition coefficient (Wildman–Crippen LogP) is 1.89. The van der Waals surface area contributed by atoms with Crippen LogP contribution in [0.2, 0.25) is 5.02 Å². The Morgan fingerprint density at radius 1 is 1.32 bits per heavy atom. The van der Waals surface area contributed by atoms with E-state index in [1.807, 2.05) is 12.3 Å². The summed E-state index contributed by atoms with van der Waals surface area (Å²) >= 11 is 6.25. The van der Waals surface area contributed by atoms with Gasteiger partial charge in [-0.3, -0.25) is 9.88 Å². The standard InChI is InChI=1S/C14H20ClN3O/c1-11-9-18(13-2-3-16-8-12(13)15)10-14(11)17-4-6-19-7-5-17/h2-3,8,11,14H,4-7,9-10H2,1H3/t11-,14+/m1/s1. The van der Waals surface area contributed by atoms with Gasteiger partial charge < -0.3 is 9.64 Å². The Morgan fingerprint density at radius 2 is 2.11 bits per heavy atom. The van der Waals surface area contributed by atoms with Crippen LogP contribution in [0.1, 0.15) is 6.92 Å². The van der Waals surface area contributed by atoms with E-state index >= 15 is 0 Å². The van der Waals surface area contributed by atoms with E-state index in [9.17, 15) is 0 Å². The highest BCUT2D eigenvalue weighted by atomic mass is 35.5. The fourth-order valence-electron chi connectivity index (χ4n) is 3.16. The summed E-state index contributed by atoms with van der Waals surface area (Å²) in [5.41, 5.74) is 1.11. The van der Waals surface area contributed by atoms with Gasteiger partial charge in [0.15, 0.2) is 0 Å². The van der Waals surface area contributed by atoms with E-state index in [0.29, 0.717) is 12.0 Å². The van der Waals surface area contributed by atoms with Crippen molar-refractivity contribution in [3.8, 4) is 0 Å². The first-order valence-corrected chi connectivity index (χ1v) is 7.30. The Hall–Kier alpha value is -0.840. The van der Waals surface area contributed by atoms with Gasteiger partial charge in [0, 0.05) is 44.6 Å². The van der Waals surface area contributed by atoms with Crippen LogP contribution in [0.5, 0.6) is 0 Å². The van der Waals surface area contributed by atoms with Crippen LogP contribution in [0.4, 0.5) is 5.69 Å². The lowest BCUT2D eigenvalue weighted by atomic mass is 10.0. The number of morpholine rings is 1. The highest BCUT2D eigenvalue weighted by molar-refractivity contribution is 6.33. The first kappa shape index (κ1) is 13.2. The molecule has 3 heterocycles. The maximum Gasteiger partial charge on any atom is 0.0822 e. The smallest absolute Gasteiger partial charge is 0.0822 e. The maximum atomic E-state index is 6.25. The van der Waals surface area contributed by atoms with Crippen molar-refractivity contribution >= 4 is 17.3 Å². The van der Waals surface area contributed by atoms with Gasteiger partial charge in [-0.15, -0.1) is 0 Å². The summed E-state index contributed by atoms with van der Waals surface area (Å²) in [7, 11) is 0. The minimum Gasteiger partial charge on any atom is -0.379 e. The summed E-state index contributed by atoms with van der Waals surface area (Å²) in [6.45, 7) is 8.25. The van der Waals surface area contributed by atoms with Crippen molar-refractivity contribution in [1.82, 2.24) is 9.88 Å². The summed E-state index contributed by atoms with van der Waals surface area (Å²) in [4.78, 5) is 9.00. The number of nitrogens with zero attached hydrogens (tertiary/aromatic N) is 3. The number of hydrogen-bond acceptors (Lipinski definition) is 4. The third-order valence-electron chi connectivity index (χ3n) is 4.18. The van der Waals surface area contributed by atoms with Crippen LogP contribution < -0.4 is 4.90 Å². The van der Waals surface area contributed by atoms with E-state index in [2.05, 4.69) is 21.7 Å². The minimum absolute atomic E-state index is 0.605. The molecule has 0 spiro atoms. The van der Waals surface area contributed by atoms with E-state index in [1.165, 1.54) is 0 Å². The molecule has 0 amide bonds.